The van der Waals surface area contributed by atoms with Crippen molar-refractivity contribution in [3.63, 3.8) is 0 Å². The van der Waals surface area contributed by atoms with E-state index in [1.807, 2.05) is 0 Å². The Morgan fingerprint density at radius 3 is 2.75 bits per heavy atom. The minimum atomic E-state index is -0.464. The van der Waals surface area contributed by atoms with Crippen molar-refractivity contribution in [3.05, 3.63) is 35.4 Å². The average Bonchev–Trinajstić information content (AvgIpc) is 3.02. The third-order valence-electron chi connectivity index (χ3n) is 4.37. The normalized spacial score (nSPS) is 19.3. The van der Waals surface area contributed by atoms with Gasteiger partial charge >= 0.3 is 0 Å². The summed E-state index contributed by atoms with van der Waals surface area (Å²) in [6.07, 6.45) is 2.08. The molecule has 4 heteroatoms. The molecule has 1 saturated heterocycles. The van der Waals surface area contributed by atoms with Crippen molar-refractivity contribution in [2.75, 3.05) is 32.9 Å². The number of hydrogen-bond donors (Lipinski definition) is 1. The van der Waals surface area contributed by atoms with Crippen LogP contribution in [0.25, 0.3) is 0 Å². The Bertz CT molecular complexity index is 472. The van der Waals surface area contributed by atoms with E-state index in [0.29, 0.717) is 25.7 Å². The van der Waals surface area contributed by atoms with E-state index in [-0.39, 0.29) is 6.10 Å². The predicted octanol–water partition coefficient (Wildman–Crippen LogP) is 3.01. The van der Waals surface area contributed by atoms with E-state index < -0.39 is 6.10 Å². The van der Waals surface area contributed by atoms with Gasteiger partial charge in [-0.1, -0.05) is 38.1 Å². The molecule has 0 spiro atoms. The summed E-state index contributed by atoms with van der Waals surface area (Å²) in [5, 5.41) is 10.3. The number of aliphatic hydroxyl groups excluding tert-OH is 1. The molecule has 1 aromatic rings. The topological polar surface area (TPSA) is 41.9 Å². The van der Waals surface area contributed by atoms with Gasteiger partial charge in [0.05, 0.1) is 18.8 Å². The van der Waals surface area contributed by atoms with Crippen LogP contribution in [0.2, 0.25) is 0 Å². The summed E-state index contributed by atoms with van der Waals surface area (Å²) in [6, 6.07) is 8.45. The lowest BCUT2D eigenvalue weighted by atomic mass is 10.1. The minimum absolute atomic E-state index is 0.290. The van der Waals surface area contributed by atoms with Gasteiger partial charge in [-0.25, -0.2) is 0 Å². The number of hydrogen-bond acceptors (Lipinski definition) is 4. The number of benzene rings is 1. The fourth-order valence-corrected chi connectivity index (χ4v) is 3.10. The molecule has 0 aromatic heterocycles. The number of ether oxygens (including phenoxy) is 2. The summed E-state index contributed by atoms with van der Waals surface area (Å²) >= 11 is 0. The van der Waals surface area contributed by atoms with Crippen LogP contribution >= 0.6 is 0 Å². The van der Waals surface area contributed by atoms with Crippen LogP contribution in [0.3, 0.4) is 0 Å². The standard InChI is InChI=1S/C20H33NO3/c1-16(2)14-23-15-19(22)12-21(13-20-9-6-10-24-20)11-18-8-5-4-7-17(18)3/h4-5,7-8,16,19-20,22H,6,9-15H2,1-3H3/t19-,20+/m0/s1. The summed E-state index contributed by atoms with van der Waals surface area (Å²) in [5.74, 6) is 0.493. The van der Waals surface area contributed by atoms with Gasteiger partial charge in [-0.2, -0.15) is 0 Å². The Morgan fingerprint density at radius 1 is 1.29 bits per heavy atom. The van der Waals surface area contributed by atoms with Crippen LogP contribution in [0.1, 0.15) is 37.8 Å². The fourth-order valence-electron chi connectivity index (χ4n) is 3.10. The molecule has 1 aromatic carbocycles. The van der Waals surface area contributed by atoms with Gasteiger partial charge in [0, 0.05) is 32.8 Å². The maximum absolute atomic E-state index is 10.3. The lowest BCUT2D eigenvalue weighted by Crippen LogP contribution is -2.39. The first kappa shape index (κ1) is 19.4. The van der Waals surface area contributed by atoms with Crippen molar-refractivity contribution in [1.82, 2.24) is 4.90 Å². The van der Waals surface area contributed by atoms with Crippen LogP contribution in [0.4, 0.5) is 0 Å². The molecule has 0 aliphatic carbocycles. The molecule has 4 nitrogen and oxygen atoms in total. The molecule has 1 N–H and O–H groups in total. The van der Waals surface area contributed by atoms with Crippen LogP contribution in [-0.2, 0) is 16.0 Å². The van der Waals surface area contributed by atoms with Crippen molar-refractivity contribution < 1.29 is 14.6 Å². The first-order valence-electron chi connectivity index (χ1n) is 9.19. The van der Waals surface area contributed by atoms with Gasteiger partial charge in [0.2, 0.25) is 0 Å². The average molecular weight is 335 g/mol. The Labute approximate surface area is 146 Å². The summed E-state index contributed by atoms with van der Waals surface area (Å²) in [6.45, 7) is 10.7. The van der Waals surface area contributed by atoms with Gasteiger partial charge in [-0.15, -0.1) is 0 Å². The Morgan fingerprint density at radius 2 is 2.08 bits per heavy atom. The van der Waals surface area contributed by atoms with Gasteiger partial charge in [-0.3, -0.25) is 4.90 Å². The Hall–Kier alpha value is -0.940. The molecule has 1 heterocycles. The molecule has 24 heavy (non-hydrogen) atoms. The van der Waals surface area contributed by atoms with Crippen LogP contribution in [0, 0.1) is 12.8 Å². The highest BCUT2D eigenvalue weighted by Gasteiger charge is 2.21. The van der Waals surface area contributed by atoms with E-state index in [4.69, 9.17) is 9.47 Å². The SMILES string of the molecule is Cc1ccccc1CN(C[C@H](O)COCC(C)C)C[C@H]1CCCO1. The molecule has 0 amide bonds. The van der Waals surface area contributed by atoms with Crippen molar-refractivity contribution >= 4 is 0 Å². The molecule has 0 saturated carbocycles. The molecule has 136 valence electrons. The van der Waals surface area contributed by atoms with Gasteiger partial charge in [0.25, 0.3) is 0 Å². The number of aliphatic hydroxyl groups is 1. The van der Waals surface area contributed by atoms with E-state index in [1.165, 1.54) is 11.1 Å². The third-order valence-corrected chi connectivity index (χ3v) is 4.37. The van der Waals surface area contributed by atoms with Crippen molar-refractivity contribution in [3.8, 4) is 0 Å². The summed E-state index contributed by atoms with van der Waals surface area (Å²) in [4.78, 5) is 2.31. The van der Waals surface area contributed by atoms with Crippen LogP contribution in [0.15, 0.2) is 24.3 Å². The Kier molecular flexibility index (Phi) is 8.19. The van der Waals surface area contributed by atoms with Gasteiger partial charge in [-0.05, 0) is 36.8 Å². The van der Waals surface area contributed by atoms with Crippen molar-refractivity contribution in [2.24, 2.45) is 5.92 Å². The number of aryl methyl sites for hydroxylation is 1. The fraction of sp³-hybridized carbons (Fsp3) is 0.700. The van der Waals surface area contributed by atoms with E-state index in [1.54, 1.807) is 0 Å². The summed E-state index contributed by atoms with van der Waals surface area (Å²) in [7, 11) is 0. The Balaban J connectivity index is 1.90. The van der Waals surface area contributed by atoms with E-state index in [0.717, 1.165) is 32.5 Å². The smallest absolute Gasteiger partial charge is 0.0900 e. The van der Waals surface area contributed by atoms with E-state index in [9.17, 15) is 5.11 Å². The molecular formula is C20H33NO3. The zero-order valence-corrected chi connectivity index (χ0v) is 15.4. The maximum atomic E-state index is 10.3. The molecule has 0 bridgehead atoms. The van der Waals surface area contributed by atoms with E-state index in [2.05, 4.69) is 49.9 Å². The minimum Gasteiger partial charge on any atom is -0.389 e. The highest BCUT2D eigenvalue weighted by Crippen LogP contribution is 2.17. The molecule has 0 radical (unpaired) electrons. The second kappa shape index (κ2) is 10.1. The second-order valence-corrected chi connectivity index (χ2v) is 7.34. The lowest BCUT2D eigenvalue weighted by Gasteiger charge is -2.28. The van der Waals surface area contributed by atoms with Crippen molar-refractivity contribution in [1.29, 1.82) is 0 Å². The molecular weight excluding hydrogens is 302 g/mol. The highest BCUT2D eigenvalue weighted by molar-refractivity contribution is 5.25. The molecule has 1 fully saturated rings. The monoisotopic (exact) mass is 335 g/mol. The molecule has 0 unspecified atom stereocenters. The first-order valence-corrected chi connectivity index (χ1v) is 9.19. The zero-order chi connectivity index (χ0) is 17.4. The summed E-state index contributed by atoms with van der Waals surface area (Å²) < 4.78 is 11.4. The summed E-state index contributed by atoms with van der Waals surface area (Å²) in [5.41, 5.74) is 2.60. The lowest BCUT2D eigenvalue weighted by molar-refractivity contribution is -0.00394. The second-order valence-electron chi connectivity index (χ2n) is 7.34. The molecule has 1 aliphatic rings. The van der Waals surface area contributed by atoms with Crippen LogP contribution in [0.5, 0.6) is 0 Å². The molecule has 2 rings (SSSR count). The number of rotatable bonds is 10. The van der Waals surface area contributed by atoms with Crippen molar-refractivity contribution in [2.45, 2.75) is 52.4 Å². The van der Waals surface area contributed by atoms with Crippen LogP contribution < -0.4 is 0 Å². The van der Waals surface area contributed by atoms with Gasteiger partial charge in [0.15, 0.2) is 0 Å². The van der Waals surface area contributed by atoms with Gasteiger partial charge in [0.1, 0.15) is 0 Å². The quantitative estimate of drug-likeness (QED) is 0.714. The third kappa shape index (κ3) is 6.89. The van der Waals surface area contributed by atoms with Gasteiger partial charge < -0.3 is 14.6 Å². The van der Waals surface area contributed by atoms with E-state index >= 15 is 0 Å². The van der Waals surface area contributed by atoms with Crippen LogP contribution in [-0.4, -0.2) is 55.1 Å². The highest BCUT2D eigenvalue weighted by atomic mass is 16.5. The molecule has 1 aliphatic heterocycles. The maximum Gasteiger partial charge on any atom is 0.0900 e. The zero-order valence-electron chi connectivity index (χ0n) is 15.4. The molecule has 2 atom stereocenters. The predicted molar refractivity (Wildman–Crippen MR) is 97.1 cm³/mol. The largest absolute Gasteiger partial charge is 0.389 e. The first-order chi connectivity index (χ1) is 11.5. The number of nitrogens with zero attached hydrogens (tertiary/aromatic N) is 1.